The Morgan fingerprint density at radius 2 is 2.21 bits per heavy atom. The maximum atomic E-state index is 12.1. The number of carbonyl (C=O) groups excluding carboxylic acids is 1. The molecule has 1 heterocycles. The highest BCUT2D eigenvalue weighted by Crippen LogP contribution is 2.44. The molecule has 5 nitrogen and oxygen atoms in total. The van der Waals surface area contributed by atoms with Crippen LogP contribution in [0.5, 0.6) is 0 Å². The molecule has 2 rings (SSSR count). The second kappa shape index (κ2) is 4.92. The van der Waals surface area contributed by atoms with Gasteiger partial charge in [-0.05, 0) is 26.7 Å². The van der Waals surface area contributed by atoms with Crippen molar-refractivity contribution in [2.75, 3.05) is 0 Å². The van der Waals surface area contributed by atoms with Crippen molar-refractivity contribution >= 4 is 23.2 Å². The Balaban J connectivity index is 2.00. The van der Waals surface area contributed by atoms with E-state index >= 15 is 0 Å². The number of carbonyl (C=O) groups is 2. The lowest BCUT2D eigenvalue weighted by molar-refractivity contribution is -0.157. The highest BCUT2D eigenvalue weighted by molar-refractivity contribution is 7.09. The summed E-state index contributed by atoms with van der Waals surface area (Å²) in [5, 5.41) is 14.8. The van der Waals surface area contributed by atoms with Crippen molar-refractivity contribution in [3.05, 3.63) is 16.6 Å². The molecule has 0 aliphatic heterocycles. The number of hydrogen-bond acceptors (Lipinski definition) is 4. The van der Waals surface area contributed by atoms with Gasteiger partial charge in [0.1, 0.15) is 5.01 Å². The van der Waals surface area contributed by atoms with E-state index in [1.54, 1.807) is 6.20 Å². The molecule has 0 aromatic carbocycles. The normalized spacial score (nSPS) is 17.6. The molecule has 0 spiro atoms. The lowest BCUT2D eigenvalue weighted by atomic mass is 9.66. The summed E-state index contributed by atoms with van der Waals surface area (Å²) in [5.41, 5.74) is -1.41. The molecule has 1 aromatic heterocycles. The van der Waals surface area contributed by atoms with Crippen molar-refractivity contribution in [1.82, 2.24) is 10.3 Å². The second-order valence-corrected chi connectivity index (χ2v) is 6.52. The van der Waals surface area contributed by atoms with Crippen molar-refractivity contribution < 1.29 is 14.7 Å². The quantitative estimate of drug-likeness (QED) is 0.867. The molecular formula is C13H18N2O3S. The van der Waals surface area contributed by atoms with Crippen molar-refractivity contribution in [3.8, 4) is 0 Å². The molecule has 1 fully saturated rings. The van der Waals surface area contributed by atoms with Crippen LogP contribution in [0.25, 0.3) is 0 Å². The molecular weight excluding hydrogens is 264 g/mol. The topological polar surface area (TPSA) is 79.3 Å². The maximum absolute atomic E-state index is 12.1. The molecule has 104 valence electrons. The summed E-state index contributed by atoms with van der Waals surface area (Å²) in [5.74, 6) is -1.08. The largest absolute Gasteiger partial charge is 0.481 e. The van der Waals surface area contributed by atoms with E-state index in [1.165, 1.54) is 11.3 Å². The van der Waals surface area contributed by atoms with Crippen LogP contribution in [0.4, 0.5) is 0 Å². The molecule has 0 atom stereocenters. The molecule has 2 N–H and O–H groups in total. The van der Waals surface area contributed by atoms with Crippen molar-refractivity contribution in [2.24, 2.45) is 5.41 Å². The molecule has 1 saturated carbocycles. The zero-order valence-corrected chi connectivity index (χ0v) is 11.9. The standard InChI is InChI=1S/C13H18N2O3S/c1-12(2,10-14-6-7-19-10)15-9(16)8-13(11(17)18)4-3-5-13/h6-7H,3-5,8H2,1-2H3,(H,15,16)(H,17,18). The average Bonchev–Trinajstić information content (AvgIpc) is 2.75. The highest BCUT2D eigenvalue weighted by atomic mass is 32.1. The zero-order valence-electron chi connectivity index (χ0n) is 11.1. The molecule has 0 radical (unpaired) electrons. The van der Waals surface area contributed by atoms with Crippen LogP contribution in [0, 0.1) is 5.41 Å². The van der Waals surface area contributed by atoms with Gasteiger partial charge in [0.25, 0.3) is 0 Å². The first-order valence-corrected chi connectivity index (χ1v) is 7.18. The second-order valence-electron chi connectivity index (χ2n) is 5.63. The summed E-state index contributed by atoms with van der Waals surface area (Å²) < 4.78 is 0. The third-order valence-electron chi connectivity index (χ3n) is 3.68. The van der Waals surface area contributed by atoms with E-state index in [-0.39, 0.29) is 12.3 Å². The number of carboxylic acids is 1. The smallest absolute Gasteiger partial charge is 0.310 e. The molecule has 19 heavy (non-hydrogen) atoms. The van der Waals surface area contributed by atoms with Crippen LogP contribution in [0.15, 0.2) is 11.6 Å². The summed E-state index contributed by atoms with van der Waals surface area (Å²) in [7, 11) is 0. The van der Waals surface area contributed by atoms with Crippen LogP contribution in [0.1, 0.15) is 44.5 Å². The van der Waals surface area contributed by atoms with Crippen LogP contribution in [-0.2, 0) is 15.1 Å². The fraction of sp³-hybridized carbons (Fsp3) is 0.615. The number of nitrogens with one attached hydrogen (secondary N) is 1. The first-order valence-electron chi connectivity index (χ1n) is 6.30. The highest BCUT2D eigenvalue weighted by Gasteiger charge is 2.46. The lowest BCUT2D eigenvalue weighted by Gasteiger charge is -2.37. The van der Waals surface area contributed by atoms with E-state index < -0.39 is 16.9 Å². The summed E-state index contributed by atoms with van der Waals surface area (Å²) in [6, 6.07) is 0. The van der Waals surface area contributed by atoms with Crippen LogP contribution in [-0.4, -0.2) is 22.0 Å². The van der Waals surface area contributed by atoms with Gasteiger partial charge in [-0.1, -0.05) is 6.42 Å². The summed E-state index contributed by atoms with van der Waals surface area (Å²) in [6.07, 6.45) is 3.81. The fourth-order valence-electron chi connectivity index (χ4n) is 2.36. The van der Waals surface area contributed by atoms with Crippen LogP contribution < -0.4 is 5.32 Å². The number of amides is 1. The third-order valence-corrected chi connectivity index (χ3v) is 4.78. The molecule has 0 unspecified atom stereocenters. The molecule has 1 amide bonds. The molecule has 1 aliphatic carbocycles. The van der Waals surface area contributed by atoms with Crippen LogP contribution in [0.2, 0.25) is 0 Å². The Hall–Kier alpha value is -1.43. The summed E-state index contributed by atoms with van der Waals surface area (Å²) >= 11 is 1.47. The summed E-state index contributed by atoms with van der Waals surface area (Å²) in [4.78, 5) is 27.5. The lowest BCUT2D eigenvalue weighted by Crippen LogP contribution is -2.47. The van der Waals surface area contributed by atoms with E-state index in [9.17, 15) is 14.7 Å². The van der Waals surface area contributed by atoms with Gasteiger partial charge in [0.05, 0.1) is 11.0 Å². The van der Waals surface area contributed by atoms with Gasteiger partial charge in [-0.25, -0.2) is 4.98 Å². The van der Waals surface area contributed by atoms with Crippen LogP contribution >= 0.6 is 11.3 Å². The van der Waals surface area contributed by atoms with Gasteiger partial charge < -0.3 is 10.4 Å². The predicted octanol–water partition coefficient (Wildman–Crippen LogP) is 2.14. The number of rotatable bonds is 5. The van der Waals surface area contributed by atoms with E-state index in [2.05, 4.69) is 10.3 Å². The number of aromatic nitrogens is 1. The first kappa shape index (κ1) is 14.0. The molecule has 0 bridgehead atoms. The Morgan fingerprint density at radius 1 is 1.53 bits per heavy atom. The molecule has 1 aliphatic rings. The van der Waals surface area contributed by atoms with Gasteiger partial charge in [-0.2, -0.15) is 0 Å². The Bertz CT molecular complexity index is 478. The Labute approximate surface area is 116 Å². The van der Waals surface area contributed by atoms with Gasteiger partial charge in [0.15, 0.2) is 0 Å². The van der Waals surface area contributed by atoms with E-state index in [4.69, 9.17) is 0 Å². The zero-order chi connectivity index (χ0) is 14.1. The predicted molar refractivity (Wildman–Crippen MR) is 71.8 cm³/mol. The Kier molecular flexibility index (Phi) is 3.62. The number of carboxylic acid groups (broad SMARTS) is 1. The van der Waals surface area contributed by atoms with Crippen molar-refractivity contribution in [3.63, 3.8) is 0 Å². The number of aliphatic carboxylic acids is 1. The maximum Gasteiger partial charge on any atom is 0.310 e. The summed E-state index contributed by atoms with van der Waals surface area (Å²) in [6.45, 7) is 3.75. The van der Waals surface area contributed by atoms with Crippen LogP contribution in [0.3, 0.4) is 0 Å². The van der Waals surface area contributed by atoms with Gasteiger partial charge in [0, 0.05) is 18.0 Å². The first-order chi connectivity index (χ1) is 8.86. The van der Waals surface area contributed by atoms with Gasteiger partial charge in [-0.3, -0.25) is 9.59 Å². The van der Waals surface area contributed by atoms with E-state index in [0.717, 1.165) is 11.4 Å². The minimum atomic E-state index is -0.860. The molecule has 1 aromatic rings. The molecule has 6 heteroatoms. The number of hydrogen-bond donors (Lipinski definition) is 2. The van der Waals surface area contributed by atoms with Gasteiger partial charge >= 0.3 is 5.97 Å². The monoisotopic (exact) mass is 282 g/mol. The minimum Gasteiger partial charge on any atom is -0.481 e. The third kappa shape index (κ3) is 2.78. The van der Waals surface area contributed by atoms with Gasteiger partial charge in [-0.15, -0.1) is 11.3 Å². The Morgan fingerprint density at radius 3 is 2.63 bits per heavy atom. The average molecular weight is 282 g/mol. The number of thiazole rings is 1. The number of nitrogens with zero attached hydrogens (tertiary/aromatic N) is 1. The van der Waals surface area contributed by atoms with Crippen molar-refractivity contribution in [2.45, 2.75) is 45.1 Å². The van der Waals surface area contributed by atoms with E-state index in [0.29, 0.717) is 12.8 Å². The van der Waals surface area contributed by atoms with Gasteiger partial charge in [0.2, 0.25) is 5.91 Å². The van der Waals surface area contributed by atoms with E-state index in [1.807, 2.05) is 19.2 Å². The molecule has 0 saturated heterocycles. The SMILES string of the molecule is CC(C)(NC(=O)CC1(C(=O)O)CCC1)c1nccs1. The van der Waals surface area contributed by atoms with Crippen molar-refractivity contribution in [1.29, 1.82) is 0 Å². The fourth-order valence-corrected chi connectivity index (χ4v) is 3.07. The minimum absolute atomic E-state index is 0.0527.